The Morgan fingerprint density at radius 2 is 1.72 bits per heavy atom. The van der Waals surface area contributed by atoms with Crippen molar-refractivity contribution >= 4 is 0 Å². The first kappa shape index (κ1) is 12.8. The lowest BCUT2D eigenvalue weighted by atomic mass is 9.62. The minimum absolute atomic E-state index is 0.564. The van der Waals surface area contributed by atoms with E-state index < -0.39 is 0 Å². The second-order valence-corrected chi connectivity index (χ2v) is 8.46. The average Bonchev–Trinajstić information content (AvgIpc) is 2.58. The Hall–Kier alpha value is -0.260. The Morgan fingerprint density at radius 1 is 1.06 bits per heavy atom. The summed E-state index contributed by atoms with van der Waals surface area (Å²) in [5.41, 5.74) is 2.83. The number of fused-ring (bicyclic) bond motifs is 1. The molecule has 3 unspecified atom stereocenters. The fourth-order valence-electron chi connectivity index (χ4n) is 5.07. The van der Waals surface area contributed by atoms with Gasteiger partial charge in [-0.3, -0.25) is 0 Å². The normalized spacial score (nSPS) is 41.9. The van der Waals surface area contributed by atoms with Gasteiger partial charge in [0.2, 0.25) is 0 Å². The van der Waals surface area contributed by atoms with E-state index in [9.17, 15) is 0 Å². The van der Waals surface area contributed by atoms with Gasteiger partial charge in [0.25, 0.3) is 0 Å². The number of allylic oxidation sites excluding steroid dienone is 1. The highest BCUT2D eigenvalue weighted by Crippen LogP contribution is 2.62. The van der Waals surface area contributed by atoms with Crippen molar-refractivity contribution < 1.29 is 0 Å². The van der Waals surface area contributed by atoms with E-state index in [1.165, 1.54) is 51.4 Å². The summed E-state index contributed by atoms with van der Waals surface area (Å²) in [6.45, 7) is 11.9. The van der Waals surface area contributed by atoms with E-state index in [-0.39, 0.29) is 0 Å². The first-order chi connectivity index (χ1) is 8.42. The molecule has 1 spiro atoms. The Kier molecular flexibility index (Phi) is 2.92. The molecule has 3 aliphatic carbocycles. The van der Waals surface area contributed by atoms with Gasteiger partial charge in [0, 0.05) is 0 Å². The second kappa shape index (κ2) is 4.12. The van der Waals surface area contributed by atoms with Crippen molar-refractivity contribution in [1.82, 2.24) is 0 Å². The minimum Gasteiger partial charge on any atom is -0.0990 e. The van der Waals surface area contributed by atoms with Crippen molar-refractivity contribution in [2.45, 2.75) is 72.1 Å². The van der Waals surface area contributed by atoms with Gasteiger partial charge in [-0.25, -0.2) is 0 Å². The molecule has 3 atom stereocenters. The van der Waals surface area contributed by atoms with E-state index in [0.29, 0.717) is 10.8 Å². The third-order valence-electron chi connectivity index (χ3n) is 6.60. The van der Waals surface area contributed by atoms with Crippen LogP contribution in [0.15, 0.2) is 12.2 Å². The van der Waals surface area contributed by atoms with E-state index in [1.807, 2.05) is 0 Å². The SMILES string of the molecule is C=C1C2CC(C)CCC2CC12CCC(C)(C)CC2. The monoisotopic (exact) mass is 246 g/mol. The minimum atomic E-state index is 0.564. The van der Waals surface area contributed by atoms with Gasteiger partial charge in [0.15, 0.2) is 0 Å². The standard InChI is InChI=1S/C18H30/c1-13-5-6-15-12-18(14(2)16(15)11-13)9-7-17(3,4)8-10-18/h13,15-16H,2,5-12H2,1,3-4H3. The summed E-state index contributed by atoms with van der Waals surface area (Å²) < 4.78 is 0. The lowest BCUT2D eigenvalue weighted by Crippen LogP contribution is -2.30. The van der Waals surface area contributed by atoms with E-state index in [1.54, 1.807) is 5.57 Å². The number of hydrogen-bond donors (Lipinski definition) is 0. The quantitative estimate of drug-likeness (QED) is 0.489. The third-order valence-corrected chi connectivity index (χ3v) is 6.60. The molecule has 0 aromatic heterocycles. The highest BCUT2D eigenvalue weighted by atomic mass is 14.6. The fourth-order valence-corrected chi connectivity index (χ4v) is 5.07. The maximum Gasteiger partial charge on any atom is -0.00846 e. The van der Waals surface area contributed by atoms with E-state index in [0.717, 1.165) is 17.8 Å². The van der Waals surface area contributed by atoms with Gasteiger partial charge in [0.05, 0.1) is 0 Å². The molecule has 3 saturated carbocycles. The lowest BCUT2D eigenvalue weighted by Gasteiger charge is -2.43. The summed E-state index contributed by atoms with van der Waals surface area (Å²) in [7, 11) is 0. The predicted molar refractivity (Wildman–Crippen MR) is 78.4 cm³/mol. The fraction of sp³-hybridized carbons (Fsp3) is 0.889. The molecule has 0 aromatic carbocycles. The predicted octanol–water partition coefficient (Wildman–Crippen LogP) is 5.59. The Morgan fingerprint density at radius 3 is 2.39 bits per heavy atom. The molecule has 0 radical (unpaired) electrons. The maximum atomic E-state index is 4.60. The van der Waals surface area contributed by atoms with Crippen LogP contribution in [0.25, 0.3) is 0 Å². The Labute approximate surface area is 113 Å². The Bertz CT molecular complexity index is 339. The van der Waals surface area contributed by atoms with Gasteiger partial charge in [-0.05, 0) is 73.5 Å². The smallest absolute Gasteiger partial charge is 0.00846 e. The molecule has 3 rings (SSSR count). The van der Waals surface area contributed by atoms with Crippen molar-refractivity contribution in [3.05, 3.63) is 12.2 Å². The van der Waals surface area contributed by atoms with Crippen molar-refractivity contribution in [3.63, 3.8) is 0 Å². The lowest BCUT2D eigenvalue weighted by molar-refractivity contribution is 0.128. The summed E-state index contributed by atoms with van der Waals surface area (Å²) in [6.07, 6.45) is 11.6. The van der Waals surface area contributed by atoms with Crippen LogP contribution in [0.5, 0.6) is 0 Å². The number of hydrogen-bond acceptors (Lipinski definition) is 0. The van der Waals surface area contributed by atoms with E-state index in [2.05, 4.69) is 27.4 Å². The second-order valence-electron chi connectivity index (χ2n) is 8.46. The molecule has 0 aromatic rings. The van der Waals surface area contributed by atoms with Crippen LogP contribution in [0.3, 0.4) is 0 Å². The molecule has 3 fully saturated rings. The summed E-state index contributed by atoms with van der Waals surface area (Å²) >= 11 is 0. The van der Waals surface area contributed by atoms with Gasteiger partial charge >= 0.3 is 0 Å². The van der Waals surface area contributed by atoms with Gasteiger partial charge in [-0.15, -0.1) is 0 Å². The van der Waals surface area contributed by atoms with Crippen LogP contribution in [-0.2, 0) is 0 Å². The molecule has 0 nitrogen and oxygen atoms in total. The highest BCUT2D eigenvalue weighted by Gasteiger charge is 2.51. The first-order valence-electron chi connectivity index (χ1n) is 8.11. The summed E-state index contributed by atoms with van der Waals surface area (Å²) in [5, 5.41) is 0. The molecule has 102 valence electrons. The molecule has 0 amide bonds. The van der Waals surface area contributed by atoms with Crippen molar-refractivity contribution in [3.8, 4) is 0 Å². The molecule has 0 heteroatoms. The first-order valence-corrected chi connectivity index (χ1v) is 8.11. The molecule has 3 aliphatic rings. The van der Waals surface area contributed by atoms with Gasteiger partial charge in [-0.1, -0.05) is 39.3 Å². The summed E-state index contributed by atoms with van der Waals surface area (Å²) in [6, 6.07) is 0. The van der Waals surface area contributed by atoms with Crippen molar-refractivity contribution in [2.75, 3.05) is 0 Å². The van der Waals surface area contributed by atoms with Crippen LogP contribution in [0, 0.1) is 28.6 Å². The van der Waals surface area contributed by atoms with E-state index >= 15 is 0 Å². The van der Waals surface area contributed by atoms with Crippen LogP contribution in [-0.4, -0.2) is 0 Å². The van der Waals surface area contributed by atoms with Crippen LogP contribution in [0.4, 0.5) is 0 Å². The molecular formula is C18H30. The molecular weight excluding hydrogens is 216 g/mol. The summed E-state index contributed by atoms with van der Waals surface area (Å²) in [5.74, 6) is 2.82. The molecule has 0 N–H and O–H groups in total. The molecule has 0 saturated heterocycles. The van der Waals surface area contributed by atoms with Crippen molar-refractivity contribution in [1.29, 1.82) is 0 Å². The molecule has 0 aliphatic heterocycles. The highest BCUT2D eigenvalue weighted by molar-refractivity contribution is 5.24. The molecule has 18 heavy (non-hydrogen) atoms. The van der Waals surface area contributed by atoms with Crippen LogP contribution in [0.1, 0.15) is 72.1 Å². The van der Waals surface area contributed by atoms with Crippen LogP contribution >= 0.6 is 0 Å². The van der Waals surface area contributed by atoms with Crippen LogP contribution < -0.4 is 0 Å². The van der Waals surface area contributed by atoms with Gasteiger partial charge in [-0.2, -0.15) is 0 Å². The largest absolute Gasteiger partial charge is 0.0990 e. The zero-order valence-electron chi connectivity index (χ0n) is 12.6. The van der Waals surface area contributed by atoms with Gasteiger partial charge in [0.1, 0.15) is 0 Å². The molecule has 0 heterocycles. The number of rotatable bonds is 0. The zero-order valence-corrected chi connectivity index (χ0v) is 12.6. The summed E-state index contributed by atoms with van der Waals surface area (Å²) in [4.78, 5) is 0. The van der Waals surface area contributed by atoms with Crippen LogP contribution in [0.2, 0.25) is 0 Å². The Balaban J connectivity index is 1.77. The molecule has 0 bridgehead atoms. The third kappa shape index (κ3) is 1.96. The van der Waals surface area contributed by atoms with Gasteiger partial charge < -0.3 is 0 Å². The zero-order chi connectivity index (χ0) is 13.0. The van der Waals surface area contributed by atoms with E-state index in [4.69, 9.17) is 0 Å². The van der Waals surface area contributed by atoms with Crippen molar-refractivity contribution in [2.24, 2.45) is 28.6 Å². The maximum absolute atomic E-state index is 4.60. The topological polar surface area (TPSA) is 0 Å². The average molecular weight is 246 g/mol.